The van der Waals surface area contributed by atoms with E-state index in [-0.39, 0.29) is 12.6 Å². The monoisotopic (exact) mass is 305 g/mol. The Morgan fingerprint density at radius 1 is 1.09 bits per heavy atom. The zero-order valence-corrected chi connectivity index (χ0v) is 11.2. The van der Waals surface area contributed by atoms with Crippen LogP contribution in [0.2, 0.25) is 0 Å². The molecule has 0 unspecified atom stereocenters. The summed E-state index contributed by atoms with van der Waals surface area (Å²) in [6.45, 7) is 0.161. The van der Waals surface area contributed by atoms with Gasteiger partial charge < -0.3 is 4.74 Å². The lowest BCUT2D eigenvalue weighted by Gasteiger charge is -2.05. The molecule has 1 aliphatic rings. The molecular weight excluding hydrogens is 295 g/mol. The Kier molecular flexibility index (Phi) is 3.44. The maximum atomic E-state index is 12.5. The van der Waals surface area contributed by atoms with Crippen molar-refractivity contribution in [2.45, 2.75) is 12.8 Å². The molecule has 0 atom stereocenters. The molecule has 1 heterocycles. The predicted molar refractivity (Wildman–Crippen MR) is 74.3 cm³/mol. The van der Waals surface area contributed by atoms with Gasteiger partial charge in [-0.15, -0.1) is 0 Å². The molecule has 112 valence electrons. The van der Waals surface area contributed by atoms with E-state index in [1.54, 1.807) is 18.2 Å². The number of carbonyl (C=O) groups is 1. The summed E-state index contributed by atoms with van der Waals surface area (Å²) in [5.74, 6) is -0.387. The molecule has 1 aliphatic heterocycles. The Morgan fingerprint density at radius 2 is 1.82 bits per heavy atom. The Morgan fingerprint density at radius 3 is 2.50 bits per heavy atom. The number of cyclic esters (lactones) is 1. The van der Waals surface area contributed by atoms with E-state index in [1.165, 1.54) is 18.3 Å². The molecule has 6 heteroatoms. The van der Waals surface area contributed by atoms with Crippen molar-refractivity contribution in [2.24, 2.45) is 4.99 Å². The first kappa shape index (κ1) is 14.3. The molecule has 0 radical (unpaired) electrons. The summed E-state index contributed by atoms with van der Waals surface area (Å²) < 4.78 is 42.4. The first-order chi connectivity index (χ1) is 10.4. The molecule has 0 saturated heterocycles. The SMILES string of the molecule is O=C1OCc2c(N=Cc3ccc(C(F)(F)F)cc3)cccc21. The highest BCUT2D eigenvalue weighted by atomic mass is 19.4. The van der Waals surface area contributed by atoms with Crippen LogP contribution in [0.3, 0.4) is 0 Å². The van der Waals surface area contributed by atoms with Crippen LogP contribution in [-0.2, 0) is 17.5 Å². The summed E-state index contributed by atoms with van der Waals surface area (Å²) in [6.07, 6.45) is -2.90. The second kappa shape index (κ2) is 5.29. The standard InChI is InChI=1S/C16H10F3NO2/c17-16(18,19)11-6-4-10(5-7-11)8-20-14-3-1-2-12-13(14)9-22-15(12)21/h1-8H,9H2. The molecule has 0 saturated carbocycles. The van der Waals surface area contributed by atoms with E-state index in [4.69, 9.17) is 4.74 Å². The fraction of sp³-hybridized carbons (Fsp3) is 0.125. The van der Waals surface area contributed by atoms with Crippen LogP contribution in [-0.4, -0.2) is 12.2 Å². The second-order valence-corrected chi connectivity index (χ2v) is 4.76. The van der Waals surface area contributed by atoms with E-state index in [0.717, 1.165) is 12.1 Å². The van der Waals surface area contributed by atoms with Gasteiger partial charge in [-0.3, -0.25) is 4.99 Å². The summed E-state index contributed by atoms with van der Waals surface area (Å²) in [5.41, 5.74) is 1.57. The number of halogens is 3. The number of carbonyl (C=O) groups excluding carboxylic acids is 1. The second-order valence-electron chi connectivity index (χ2n) is 4.76. The van der Waals surface area contributed by atoms with E-state index < -0.39 is 11.7 Å². The lowest BCUT2D eigenvalue weighted by molar-refractivity contribution is -0.137. The summed E-state index contributed by atoms with van der Waals surface area (Å²) in [6, 6.07) is 9.76. The average Bonchev–Trinajstić information content (AvgIpc) is 2.87. The van der Waals surface area contributed by atoms with Crippen LogP contribution < -0.4 is 0 Å². The highest BCUT2D eigenvalue weighted by Crippen LogP contribution is 2.30. The molecule has 0 aliphatic carbocycles. The molecule has 3 nitrogen and oxygen atoms in total. The van der Waals surface area contributed by atoms with E-state index in [2.05, 4.69) is 4.99 Å². The van der Waals surface area contributed by atoms with Crippen molar-refractivity contribution in [3.8, 4) is 0 Å². The fourth-order valence-electron chi connectivity index (χ4n) is 2.16. The lowest BCUT2D eigenvalue weighted by atomic mass is 10.1. The number of hydrogen-bond donors (Lipinski definition) is 0. The van der Waals surface area contributed by atoms with Crippen LogP contribution in [0, 0.1) is 0 Å². The zero-order chi connectivity index (χ0) is 15.7. The molecule has 3 rings (SSSR count). The highest BCUT2D eigenvalue weighted by Gasteiger charge is 2.29. The number of aliphatic imine (C=N–C) groups is 1. The molecule has 0 aromatic heterocycles. The first-order valence-corrected chi connectivity index (χ1v) is 6.45. The van der Waals surface area contributed by atoms with Gasteiger partial charge in [0.25, 0.3) is 0 Å². The van der Waals surface area contributed by atoms with Gasteiger partial charge in [0.1, 0.15) is 6.61 Å². The predicted octanol–water partition coefficient (Wildman–Crippen LogP) is 4.13. The largest absolute Gasteiger partial charge is 0.457 e. The summed E-state index contributed by atoms with van der Waals surface area (Å²) >= 11 is 0. The number of ether oxygens (including phenoxy) is 1. The van der Waals surface area contributed by atoms with E-state index in [9.17, 15) is 18.0 Å². The minimum Gasteiger partial charge on any atom is -0.457 e. The van der Waals surface area contributed by atoms with Gasteiger partial charge in [0.05, 0.1) is 16.8 Å². The van der Waals surface area contributed by atoms with Crippen LogP contribution >= 0.6 is 0 Å². The number of rotatable bonds is 2. The molecule has 2 aromatic carbocycles. The van der Waals surface area contributed by atoms with Gasteiger partial charge in [0, 0.05) is 11.8 Å². The smallest absolute Gasteiger partial charge is 0.416 e. The third-order valence-corrected chi connectivity index (χ3v) is 3.31. The molecule has 0 amide bonds. The Bertz CT molecular complexity index is 749. The van der Waals surface area contributed by atoms with Gasteiger partial charge in [-0.1, -0.05) is 18.2 Å². The fourth-order valence-corrected chi connectivity index (χ4v) is 2.16. The molecular formula is C16H10F3NO2. The highest BCUT2D eigenvalue weighted by molar-refractivity contribution is 5.95. The number of benzene rings is 2. The van der Waals surface area contributed by atoms with Crippen LogP contribution in [0.1, 0.15) is 27.0 Å². The number of esters is 1. The normalized spacial score (nSPS) is 14.2. The average molecular weight is 305 g/mol. The molecule has 0 fully saturated rings. The molecule has 0 N–H and O–H groups in total. The maximum Gasteiger partial charge on any atom is 0.416 e. The van der Waals surface area contributed by atoms with Crippen molar-refractivity contribution in [1.29, 1.82) is 0 Å². The lowest BCUT2D eigenvalue weighted by Crippen LogP contribution is -2.04. The summed E-state index contributed by atoms with van der Waals surface area (Å²) in [7, 11) is 0. The quantitative estimate of drug-likeness (QED) is 0.618. The topological polar surface area (TPSA) is 38.7 Å². The Labute approximate surface area is 124 Å². The van der Waals surface area contributed by atoms with E-state index >= 15 is 0 Å². The van der Waals surface area contributed by atoms with Gasteiger partial charge in [-0.25, -0.2) is 4.79 Å². The first-order valence-electron chi connectivity index (χ1n) is 6.45. The number of nitrogens with zero attached hydrogens (tertiary/aromatic N) is 1. The van der Waals surface area contributed by atoms with Gasteiger partial charge in [0.2, 0.25) is 0 Å². The van der Waals surface area contributed by atoms with Crippen molar-refractivity contribution >= 4 is 17.9 Å². The minimum absolute atomic E-state index is 0.161. The van der Waals surface area contributed by atoms with Crippen LogP contribution in [0.4, 0.5) is 18.9 Å². The Balaban J connectivity index is 1.85. The van der Waals surface area contributed by atoms with Gasteiger partial charge in [0.15, 0.2) is 0 Å². The molecule has 22 heavy (non-hydrogen) atoms. The van der Waals surface area contributed by atoms with Crippen molar-refractivity contribution in [2.75, 3.05) is 0 Å². The van der Waals surface area contributed by atoms with Gasteiger partial charge in [-0.2, -0.15) is 13.2 Å². The molecule has 0 bridgehead atoms. The summed E-state index contributed by atoms with van der Waals surface area (Å²) in [5, 5.41) is 0. The van der Waals surface area contributed by atoms with Gasteiger partial charge in [-0.05, 0) is 29.8 Å². The maximum absolute atomic E-state index is 12.5. The van der Waals surface area contributed by atoms with Crippen LogP contribution in [0.25, 0.3) is 0 Å². The van der Waals surface area contributed by atoms with Crippen molar-refractivity contribution in [3.63, 3.8) is 0 Å². The van der Waals surface area contributed by atoms with Gasteiger partial charge >= 0.3 is 12.1 Å². The molecule has 0 spiro atoms. The van der Waals surface area contributed by atoms with Crippen molar-refractivity contribution < 1.29 is 22.7 Å². The minimum atomic E-state index is -4.35. The third kappa shape index (κ3) is 2.72. The Hall–Kier alpha value is -2.63. The van der Waals surface area contributed by atoms with E-state index in [0.29, 0.717) is 22.4 Å². The summed E-state index contributed by atoms with van der Waals surface area (Å²) in [4.78, 5) is 15.7. The van der Waals surface area contributed by atoms with Crippen LogP contribution in [0.15, 0.2) is 47.5 Å². The third-order valence-electron chi connectivity index (χ3n) is 3.31. The van der Waals surface area contributed by atoms with Crippen molar-refractivity contribution in [1.82, 2.24) is 0 Å². The number of hydrogen-bond acceptors (Lipinski definition) is 3. The van der Waals surface area contributed by atoms with Crippen molar-refractivity contribution in [3.05, 3.63) is 64.7 Å². The van der Waals surface area contributed by atoms with E-state index in [1.807, 2.05) is 0 Å². The number of fused-ring (bicyclic) bond motifs is 1. The zero-order valence-electron chi connectivity index (χ0n) is 11.2. The number of alkyl halides is 3. The molecule has 2 aromatic rings. The van der Waals surface area contributed by atoms with Crippen LogP contribution in [0.5, 0.6) is 0 Å².